The third-order valence-corrected chi connectivity index (χ3v) is 2.31. The van der Waals surface area contributed by atoms with Gasteiger partial charge < -0.3 is 16.2 Å². The van der Waals surface area contributed by atoms with Gasteiger partial charge in [0.25, 0.3) is 0 Å². The second kappa shape index (κ2) is 4.68. The summed E-state index contributed by atoms with van der Waals surface area (Å²) >= 11 is 0. The van der Waals surface area contributed by atoms with Crippen molar-refractivity contribution in [3.05, 3.63) is 54.1 Å². The van der Waals surface area contributed by atoms with E-state index in [1.807, 2.05) is 48.5 Å². The Morgan fingerprint density at radius 1 is 0.938 bits per heavy atom. The molecule has 0 aliphatic carbocycles. The van der Waals surface area contributed by atoms with Crippen molar-refractivity contribution in [2.45, 2.75) is 6.54 Å². The van der Waals surface area contributed by atoms with Gasteiger partial charge in [-0.3, -0.25) is 0 Å². The van der Waals surface area contributed by atoms with Gasteiger partial charge >= 0.3 is 0 Å². The van der Waals surface area contributed by atoms with Crippen LogP contribution in [0, 0.1) is 0 Å². The molecule has 0 saturated carbocycles. The van der Waals surface area contributed by atoms with Crippen molar-refractivity contribution in [1.82, 2.24) is 0 Å². The molecule has 0 aliphatic heterocycles. The fourth-order valence-electron chi connectivity index (χ4n) is 1.39. The van der Waals surface area contributed by atoms with Crippen molar-refractivity contribution >= 4 is 5.69 Å². The Balaban J connectivity index is 2.18. The van der Waals surface area contributed by atoms with E-state index < -0.39 is 0 Å². The van der Waals surface area contributed by atoms with Gasteiger partial charge in [-0.25, -0.2) is 0 Å². The van der Waals surface area contributed by atoms with Gasteiger partial charge in [0.15, 0.2) is 0 Å². The molecule has 2 rings (SSSR count). The van der Waals surface area contributed by atoms with E-state index in [0.29, 0.717) is 18.0 Å². The summed E-state index contributed by atoms with van der Waals surface area (Å²) in [6.45, 7) is 0.535. The SMILES string of the molecule is NCc1ccc(Oc2ccccc2N)cc1. The van der Waals surface area contributed by atoms with Crippen molar-refractivity contribution in [2.75, 3.05) is 5.73 Å². The molecule has 0 bridgehead atoms. The minimum atomic E-state index is 0.535. The van der Waals surface area contributed by atoms with Crippen molar-refractivity contribution in [1.29, 1.82) is 0 Å². The van der Waals surface area contributed by atoms with Crippen LogP contribution in [0.15, 0.2) is 48.5 Å². The zero-order chi connectivity index (χ0) is 11.4. The van der Waals surface area contributed by atoms with Crippen LogP contribution in [0.2, 0.25) is 0 Å². The number of nitrogen functional groups attached to an aromatic ring is 1. The molecule has 3 nitrogen and oxygen atoms in total. The molecule has 82 valence electrons. The lowest BCUT2D eigenvalue weighted by atomic mass is 10.2. The van der Waals surface area contributed by atoms with Gasteiger partial charge in [-0.05, 0) is 29.8 Å². The molecule has 0 heterocycles. The maximum Gasteiger partial charge on any atom is 0.150 e. The minimum Gasteiger partial charge on any atom is -0.455 e. The molecular formula is C13H14N2O. The minimum absolute atomic E-state index is 0.535. The number of benzene rings is 2. The van der Waals surface area contributed by atoms with E-state index in [-0.39, 0.29) is 0 Å². The Bertz CT molecular complexity index is 466. The number of anilines is 1. The highest BCUT2D eigenvalue weighted by Gasteiger charge is 2.00. The highest BCUT2D eigenvalue weighted by atomic mass is 16.5. The first-order valence-corrected chi connectivity index (χ1v) is 5.11. The first-order valence-electron chi connectivity index (χ1n) is 5.11. The molecule has 0 radical (unpaired) electrons. The third-order valence-electron chi connectivity index (χ3n) is 2.31. The summed E-state index contributed by atoms with van der Waals surface area (Å²) in [5.74, 6) is 1.43. The summed E-state index contributed by atoms with van der Waals surface area (Å²) in [5, 5.41) is 0. The van der Waals surface area contributed by atoms with Crippen LogP contribution >= 0.6 is 0 Å². The Morgan fingerprint density at radius 2 is 1.62 bits per heavy atom. The number of ether oxygens (including phenoxy) is 1. The van der Waals surface area contributed by atoms with Crippen LogP contribution in [0.3, 0.4) is 0 Å². The standard InChI is InChI=1S/C13H14N2O/c14-9-10-5-7-11(8-6-10)16-13-4-2-1-3-12(13)15/h1-8H,9,14-15H2. The summed E-state index contributed by atoms with van der Waals surface area (Å²) in [7, 11) is 0. The molecule has 3 heteroatoms. The number of hydrogen-bond donors (Lipinski definition) is 2. The number of rotatable bonds is 3. The normalized spacial score (nSPS) is 10.1. The lowest BCUT2D eigenvalue weighted by Crippen LogP contribution is -1.96. The zero-order valence-electron chi connectivity index (χ0n) is 8.89. The molecule has 0 aliphatic rings. The van der Waals surface area contributed by atoms with E-state index in [0.717, 1.165) is 11.3 Å². The molecule has 0 spiro atoms. The highest BCUT2D eigenvalue weighted by molar-refractivity contribution is 5.53. The fraction of sp³-hybridized carbons (Fsp3) is 0.0769. The lowest BCUT2D eigenvalue weighted by molar-refractivity contribution is 0.485. The molecule has 0 unspecified atom stereocenters. The van der Waals surface area contributed by atoms with E-state index >= 15 is 0 Å². The predicted molar refractivity (Wildman–Crippen MR) is 65.3 cm³/mol. The number of nitrogens with two attached hydrogens (primary N) is 2. The fourth-order valence-corrected chi connectivity index (χ4v) is 1.39. The molecular weight excluding hydrogens is 200 g/mol. The molecule has 16 heavy (non-hydrogen) atoms. The Kier molecular flexibility index (Phi) is 3.08. The van der Waals surface area contributed by atoms with Crippen LogP contribution in [-0.2, 0) is 6.54 Å². The second-order valence-electron chi connectivity index (χ2n) is 3.49. The second-order valence-corrected chi connectivity index (χ2v) is 3.49. The van der Waals surface area contributed by atoms with Crippen LogP contribution in [0.25, 0.3) is 0 Å². The Labute approximate surface area is 94.6 Å². The summed E-state index contributed by atoms with van der Waals surface area (Å²) in [6.07, 6.45) is 0. The Morgan fingerprint density at radius 3 is 2.25 bits per heavy atom. The summed E-state index contributed by atoms with van der Waals surface area (Å²) < 4.78 is 5.64. The first kappa shape index (κ1) is 10.5. The van der Waals surface area contributed by atoms with Gasteiger partial charge in [0.2, 0.25) is 0 Å². The van der Waals surface area contributed by atoms with Gasteiger partial charge in [-0.15, -0.1) is 0 Å². The van der Waals surface area contributed by atoms with Gasteiger partial charge in [-0.2, -0.15) is 0 Å². The van der Waals surface area contributed by atoms with Gasteiger partial charge in [0.1, 0.15) is 11.5 Å². The Hall–Kier alpha value is -2.00. The summed E-state index contributed by atoms with van der Waals surface area (Å²) in [6, 6.07) is 15.1. The molecule has 0 amide bonds. The average Bonchev–Trinajstić information content (AvgIpc) is 2.33. The highest BCUT2D eigenvalue weighted by Crippen LogP contribution is 2.26. The molecule has 0 aromatic heterocycles. The van der Waals surface area contributed by atoms with Gasteiger partial charge in [0, 0.05) is 6.54 Å². The van der Waals surface area contributed by atoms with Crippen molar-refractivity contribution in [3.63, 3.8) is 0 Å². The lowest BCUT2D eigenvalue weighted by Gasteiger charge is -2.08. The van der Waals surface area contributed by atoms with Crippen LogP contribution in [0.5, 0.6) is 11.5 Å². The van der Waals surface area contributed by atoms with E-state index in [2.05, 4.69) is 0 Å². The number of para-hydroxylation sites is 2. The number of hydrogen-bond acceptors (Lipinski definition) is 3. The van der Waals surface area contributed by atoms with Crippen LogP contribution in [-0.4, -0.2) is 0 Å². The van der Waals surface area contributed by atoms with Crippen LogP contribution in [0.1, 0.15) is 5.56 Å². The smallest absolute Gasteiger partial charge is 0.150 e. The van der Waals surface area contributed by atoms with Gasteiger partial charge in [0.05, 0.1) is 5.69 Å². The molecule has 0 saturated heterocycles. The largest absolute Gasteiger partial charge is 0.455 e. The maximum absolute atomic E-state index is 5.78. The first-order chi connectivity index (χ1) is 7.79. The molecule has 2 aromatic carbocycles. The zero-order valence-corrected chi connectivity index (χ0v) is 8.89. The molecule has 2 aromatic rings. The van der Waals surface area contributed by atoms with E-state index in [9.17, 15) is 0 Å². The predicted octanol–water partition coefficient (Wildman–Crippen LogP) is 2.52. The third kappa shape index (κ3) is 2.32. The van der Waals surface area contributed by atoms with Crippen molar-refractivity contribution < 1.29 is 4.74 Å². The molecule has 0 fully saturated rings. The molecule has 0 atom stereocenters. The van der Waals surface area contributed by atoms with E-state index in [1.54, 1.807) is 0 Å². The summed E-state index contributed by atoms with van der Waals surface area (Å²) in [4.78, 5) is 0. The van der Waals surface area contributed by atoms with Crippen molar-refractivity contribution in [2.24, 2.45) is 5.73 Å². The van der Waals surface area contributed by atoms with Crippen LogP contribution < -0.4 is 16.2 Å². The topological polar surface area (TPSA) is 61.3 Å². The van der Waals surface area contributed by atoms with E-state index in [4.69, 9.17) is 16.2 Å². The summed E-state index contributed by atoms with van der Waals surface area (Å²) in [5.41, 5.74) is 13.0. The quantitative estimate of drug-likeness (QED) is 0.772. The van der Waals surface area contributed by atoms with Crippen LogP contribution in [0.4, 0.5) is 5.69 Å². The molecule has 4 N–H and O–H groups in total. The van der Waals surface area contributed by atoms with E-state index in [1.165, 1.54) is 0 Å². The average molecular weight is 214 g/mol. The monoisotopic (exact) mass is 214 g/mol. The van der Waals surface area contributed by atoms with Gasteiger partial charge in [-0.1, -0.05) is 24.3 Å². The maximum atomic E-state index is 5.78. The van der Waals surface area contributed by atoms with Crippen molar-refractivity contribution in [3.8, 4) is 11.5 Å².